The van der Waals surface area contributed by atoms with Gasteiger partial charge in [-0.3, -0.25) is 15.6 Å². The third-order valence-electron chi connectivity index (χ3n) is 3.21. The first kappa shape index (κ1) is 18.5. The zero-order chi connectivity index (χ0) is 18.1. The minimum Gasteiger partial charge on any atom is -0.489 e. The van der Waals surface area contributed by atoms with E-state index < -0.39 is 0 Å². The van der Waals surface area contributed by atoms with Crippen LogP contribution in [0.15, 0.2) is 66.7 Å². The monoisotopic (exact) mass is 355 g/mol. The number of hydrogen-bond acceptors (Lipinski definition) is 3. The van der Waals surface area contributed by atoms with E-state index in [4.69, 9.17) is 17.0 Å². The second-order valence-electron chi connectivity index (χ2n) is 5.52. The second-order valence-corrected chi connectivity index (χ2v) is 5.93. The Morgan fingerprint density at radius 1 is 1.08 bits per heavy atom. The normalized spacial score (nSPS) is 9.80. The number of ether oxygens (including phenoxy) is 1. The summed E-state index contributed by atoms with van der Waals surface area (Å²) >= 11 is 5.05. The average molecular weight is 355 g/mol. The van der Waals surface area contributed by atoms with Gasteiger partial charge < -0.3 is 10.1 Å². The fourth-order valence-electron chi connectivity index (χ4n) is 1.90. The van der Waals surface area contributed by atoms with Crippen LogP contribution in [0.4, 0.5) is 0 Å². The van der Waals surface area contributed by atoms with Crippen LogP contribution in [-0.2, 0) is 6.61 Å². The number of hydrazine groups is 1. The molecule has 0 radical (unpaired) electrons. The van der Waals surface area contributed by atoms with Crippen LogP contribution in [0.25, 0.3) is 0 Å². The Hall–Kier alpha value is -2.86. The number of thiocarbonyl (C=S) groups is 1. The number of benzene rings is 2. The SMILES string of the molecule is C=C(C)CNC(=S)NNC(=O)c1ccc(COc2ccccc2)cc1. The lowest BCUT2D eigenvalue weighted by molar-refractivity contribution is 0.0943. The van der Waals surface area contributed by atoms with Crippen LogP contribution in [0.1, 0.15) is 22.8 Å². The van der Waals surface area contributed by atoms with Crippen LogP contribution in [0, 0.1) is 0 Å². The summed E-state index contributed by atoms with van der Waals surface area (Å²) in [5, 5.41) is 3.26. The van der Waals surface area contributed by atoms with E-state index in [1.54, 1.807) is 12.1 Å². The minimum absolute atomic E-state index is 0.269. The summed E-state index contributed by atoms with van der Waals surface area (Å²) in [6.07, 6.45) is 0. The molecule has 0 atom stereocenters. The molecule has 0 aliphatic rings. The summed E-state index contributed by atoms with van der Waals surface area (Å²) in [5.74, 6) is 0.541. The molecule has 0 heterocycles. The zero-order valence-electron chi connectivity index (χ0n) is 14.0. The number of amides is 1. The van der Waals surface area contributed by atoms with Crippen molar-refractivity contribution in [3.8, 4) is 5.75 Å². The number of rotatable bonds is 6. The highest BCUT2D eigenvalue weighted by Gasteiger charge is 2.06. The average Bonchev–Trinajstić information content (AvgIpc) is 2.64. The number of nitrogens with one attached hydrogen (secondary N) is 3. The van der Waals surface area contributed by atoms with Crippen molar-refractivity contribution in [2.75, 3.05) is 6.54 Å². The highest BCUT2D eigenvalue weighted by molar-refractivity contribution is 7.80. The Bertz CT molecular complexity index is 730. The molecule has 2 rings (SSSR count). The summed E-state index contributed by atoms with van der Waals surface area (Å²) < 4.78 is 5.67. The van der Waals surface area contributed by atoms with E-state index in [1.807, 2.05) is 49.4 Å². The molecule has 130 valence electrons. The van der Waals surface area contributed by atoms with Gasteiger partial charge in [0.05, 0.1) is 0 Å². The Morgan fingerprint density at radius 2 is 1.76 bits per heavy atom. The van der Waals surface area contributed by atoms with Gasteiger partial charge in [-0.05, 0) is 49.0 Å². The van der Waals surface area contributed by atoms with E-state index in [-0.39, 0.29) is 5.91 Å². The standard InChI is InChI=1S/C19H21N3O2S/c1-14(2)12-20-19(25)22-21-18(23)16-10-8-15(9-11-16)13-24-17-6-4-3-5-7-17/h3-11H,1,12-13H2,2H3,(H,21,23)(H2,20,22,25). The molecular weight excluding hydrogens is 334 g/mol. The fourth-order valence-corrected chi connectivity index (χ4v) is 2.02. The molecule has 0 fully saturated rings. The first-order valence-electron chi connectivity index (χ1n) is 7.80. The van der Waals surface area contributed by atoms with Gasteiger partial charge in [0, 0.05) is 12.1 Å². The predicted octanol–water partition coefficient (Wildman–Crippen LogP) is 2.95. The largest absolute Gasteiger partial charge is 0.489 e. The highest BCUT2D eigenvalue weighted by atomic mass is 32.1. The molecule has 5 nitrogen and oxygen atoms in total. The molecule has 0 bridgehead atoms. The first-order chi connectivity index (χ1) is 12.0. The topological polar surface area (TPSA) is 62.4 Å². The lowest BCUT2D eigenvalue weighted by atomic mass is 10.1. The van der Waals surface area contributed by atoms with Crippen LogP contribution < -0.4 is 20.9 Å². The third kappa shape index (κ3) is 6.64. The lowest BCUT2D eigenvalue weighted by Crippen LogP contribution is -2.47. The van der Waals surface area contributed by atoms with Gasteiger partial charge in [-0.2, -0.15) is 0 Å². The number of carbonyl (C=O) groups is 1. The van der Waals surface area contributed by atoms with Crippen molar-refractivity contribution in [2.24, 2.45) is 0 Å². The van der Waals surface area contributed by atoms with Crippen LogP contribution in [0.2, 0.25) is 0 Å². The lowest BCUT2D eigenvalue weighted by Gasteiger charge is -2.12. The maximum Gasteiger partial charge on any atom is 0.269 e. The van der Waals surface area contributed by atoms with E-state index in [2.05, 4.69) is 22.7 Å². The van der Waals surface area contributed by atoms with E-state index in [0.29, 0.717) is 23.8 Å². The Balaban J connectivity index is 1.79. The first-order valence-corrected chi connectivity index (χ1v) is 8.21. The third-order valence-corrected chi connectivity index (χ3v) is 3.45. The van der Waals surface area contributed by atoms with E-state index >= 15 is 0 Å². The van der Waals surface area contributed by atoms with Crippen molar-refractivity contribution < 1.29 is 9.53 Å². The molecule has 0 spiro atoms. The van der Waals surface area contributed by atoms with Crippen LogP contribution in [-0.4, -0.2) is 17.6 Å². The molecule has 3 N–H and O–H groups in total. The quantitative estimate of drug-likeness (QED) is 0.422. The number of carbonyl (C=O) groups excluding carboxylic acids is 1. The van der Waals surface area contributed by atoms with Crippen molar-refractivity contribution in [1.29, 1.82) is 0 Å². The summed E-state index contributed by atoms with van der Waals surface area (Å²) in [6.45, 7) is 6.65. The Morgan fingerprint density at radius 3 is 2.40 bits per heavy atom. The van der Waals surface area contributed by atoms with E-state index in [9.17, 15) is 4.79 Å². The van der Waals surface area contributed by atoms with Gasteiger partial charge >= 0.3 is 0 Å². The van der Waals surface area contributed by atoms with Crippen LogP contribution >= 0.6 is 12.2 Å². The minimum atomic E-state index is -0.269. The maximum atomic E-state index is 12.1. The van der Waals surface area contributed by atoms with Crippen molar-refractivity contribution in [1.82, 2.24) is 16.2 Å². The molecule has 25 heavy (non-hydrogen) atoms. The highest BCUT2D eigenvalue weighted by Crippen LogP contribution is 2.12. The predicted molar refractivity (Wildman–Crippen MR) is 103 cm³/mol. The van der Waals surface area contributed by atoms with Crippen LogP contribution in [0.3, 0.4) is 0 Å². The zero-order valence-corrected chi connectivity index (χ0v) is 14.9. The summed E-state index contributed by atoms with van der Waals surface area (Å²) in [7, 11) is 0. The Labute approximate surface area is 153 Å². The maximum absolute atomic E-state index is 12.1. The van der Waals surface area contributed by atoms with Gasteiger partial charge in [0.25, 0.3) is 5.91 Å². The van der Waals surface area contributed by atoms with E-state index in [1.165, 1.54) is 0 Å². The second kappa shape index (κ2) is 9.44. The van der Waals surface area contributed by atoms with Gasteiger partial charge in [-0.1, -0.05) is 42.5 Å². The summed E-state index contributed by atoms with van der Waals surface area (Å²) in [6, 6.07) is 16.8. The summed E-state index contributed by atoms with van der Waals surface area (Å²) in [4.78, 5) is 12.1. The number of para-hydroxylation sites is 1. The molecule has 1 amide bonds. The molecule has 6 heteroatoms. The number of hydrogen-bond donors (Lipinski definition) is 3. The molecular formula is C19H21N3O2S. The molecule has 0 saturated carbocycles. The van der Waals surface area contributed by atoms with Crippen molar-refractivity contribution in [3.05, 3.63) is 77.9 Å². The summed E-state index contributed by atoms with van der Waals surface area (Å²) in [5.41, 5.74) is 7.65. The van der Waals surface area contributed by atoms with Crippen molar-refractivity contribution in [3.63, 3.8) is 0 Å². The van der Waals surface area contributed by atoms with Gasteiger partial charge in [0.15, 0.2) is 5.11 Å². The van der Waals surface area contributed by atoms with Gasteiger partial charge in [-0.15, -0.1) is 0 Å². The molecule has 0 aromatic heterocycles. The molecule has 0 unspecified atom stereocenters. The van der Waals surface area contributed by atoms with Crippen molar-refractivity contribution >= 4 is 23.2 Å². The Kier molecular flexibility index (Phi) is 6.98. The van der Waals surface area contributed by atoms with E-state index in [0.717, 1.165) is 16.9 Å². The van der Waals surface area contributed by atoms with Gasteiger partial charge in [0.2, 0.25) is 0 Å². The molecule has 0 aliphatic carbocycles. The van der Waals surface area contributed by atoms with Crippen molar-refractivity contribution in [2.45, 2.75) is 13.5 Å². The molecule has 2 aromatic carbocycles. The fraction of sp³-hybridized carbons (Fsp3) is 0.158. The molecule has 0 saturated heterocycles. The smallest absolute Gasteiger partial charge is 0.269 e. The van der Waals surface area contributed by atoms with Crippen LogP contribution in [0.5, 0.6) is 5.75 Å². The molecule has 2 aromatic rings. The van der Waals surface area contributed by atoms with Gasteiger partial charge in [0.1, 0.15) is 12.4 Å². The van der Waals surface area contributed by atoms with Gasteiger partial charge in [-0.25, -0.2) is 0 Å². The molecule has 0 aliphatic heterocycles.